The molecule has 0 aliphatic carbocycles. The van der Waals surface area contributed by atoms with Crippen LogP contribution in [-0.2, 0) is 17.9 Å². The van der Waals surface area contributed by atoms with E-state index in [9.17, 15) is 9.59 Å². The first-order valence-electron chi connectivity index (χ1n) is 9.17. The van der Waals surface area contributed by atoms with Gasteiger partial charge in [0.25, 0.3) is 5.56 Å². The largest absolute Gasteiger partial charge is 0.448 e. The quantitative estimate of drug-likeness (QED) is 0.511. The van der Waals surface area contributed by atoms with Crippen LogP contribution in [0.1, 0.15) is 11.3 Å². The van der Waals surface area contributed by atoms with Crippen LogP contribution in [0.4, 0.5) is 0 Å². The zero-order chi connectivity index (χ0) is 20.0. The summed E-state index contributed by atoms with van der Waals surface area (Å²) in [5.74, 6) is -0.307. The molecule has 0 spiro atoms. The number of para-hydroxylation sites is 1. The fourth-order valence-electron chi connectivity index (χ4n) is 3.42. The summed E-state index contributed by atoms with van der Waals surface area (Å²) in [4.78, 5) is 33.9. The highest BCUT2D eigenvalue weighted by molar-refractivity contribution is 6.01. The molecular formula is C21H17N5O3. The maximum absolute atomic E-state index is 12.7. The van der Waals surface area contributed by atoms with Crippen molar-refractivity contribution in [2.75, 3.05) is 0 Å². The third kappa shape index (κ3) is 2.94. The predicted molar refractivity (Wildman–Crippen MR) is 108 cm³/mol. The van der Waals surface area contributed by atoms with E-state index in [2.05, 4.69) is 15.3 Å². The zero-order valence-electron chi connectivity index (χ0n) is 15.6. The Morgan fingerprint density at radius 3 is 2.93 bits per heavy atom. The number of aryl methyl sites for hydroxylation is 1. The fourth-order valence-corrected chi connectivity index (χ4v) is 3.42. The number of imidazole rings is 1. The van der Waals surface area contributed by atoms with Crippen molar-refractivity contribution in [3.05, 3.63) is 76.7 Å². The molecule has 1 aromatic carbocycles. The number of aromatic nitrogens is 4. The molecule has 0 aliphatic rings. The molecule has 0 saturated carbocycles. The van der Waals surface area contributed by atoms with E-state index < -0.39 is 0 Å². The number of fused-ring (bicyclic) bond motifs is 4. The Labute approximate surface area is 164 Å². The number of pyridine rings is 1. The summed E-state index contributed by atoms with van der Waals surface area (Å²) in [6.07, 6.45) is 5.16. The smallest absolute Gasteiger partial charge is 0.297 e. The highest BCUT2D eigenvalue weighted by atomic mass is 16.3. The van der Waals surface area contributed by atoms with Gasteiger partial charge < -0.3 is 14.1 Å². The molecule has 8 heteroatoms. The summed E-state index contributed by atoms with van der Waals surface area (Å²) in [6, 6.07) is 11.2. The van der Waals surface area contributed by atoms with Gasteiger partial charge in [0.1, 0.15) is 23.3 Å². The van der Waals surface area contributed by atoms with Gasteiger partial charge in [-0.1, -0.05) is 18.2 Å². The van der Waals surface area contributed by atoms with Crippen LogP contribution >= 0.6 is 0 Å². The van der Waals surface area contributed by atoms with Gasteiger partial charge in [-0.05, 0) is 30.7 Å². The molecule has 5 aromatic rings. The summed E-state index contributed by atoms with van der Waals surface area (Å²) < 4.78 is 8.80. The number of benzene rings is 1. The standard InChI is InChI=1S/C21H17N5O3/c1-13-5-4-8-25-10-14(24-20(13)25)9-22-17(27)11-26-12-23-18-15-6-2-3-7-16(15)29-19(18)21(26)28/h2-8,10,12H,9,11H2,1H3,(H,22,27). The van der Waals surface area contributed by atoms with Gasteiger partial charge in [0.05, 0.1) is 18.6 Å². The van der Waals surface area contributed by atoms with Crippen molar-refractivity contribution in [3.8, 4) is 0 Å². The molecule has 0 fully saturated rings. The number of nitrogens with zero attached hydrogens (tertiary/aromatic N) is 4. The summed E-state index contributed by atoms with van der Waals surface area (Å²) >= 11 is 0. The second kappa shape index (κ2) is 6.59. The monoisotopic (exact) mass is 387 g/mol. The van der Waals surface area contributed by atoms with Crippen LogP contribution in [0.2, 0.25) is 0 Å². The van der Waals surface area contributed by atoms with E-state index in [1.54, 1.807) is 6.07 Å². The maximum Gasteiger partial charge on any atom is 0.297 e. The summed E-state index contributed by atoms with van der Waals surface area (Å²) in [5.41, 5.74) is 3.51. The topological polar surface area (TPSA) is 94.4 Å². The van der Waals surface area contributed by atoms with Gasteiger partial charge in [0, 0.05) is 17.8 Å². The first-order valence-corrected chi connectivity index (χ1v) is 9.17. The Balaban J connectivity index is 1.35. The molecule has 0 unspecified atom stereocenters. The van der Waals surface area contributed by atoms with Crippen molar-refractivity contribution >= 4 is 33.6 Å². The third-order valence-corrected chi connectivity index (χ3v) is 4.86. The molecule has 0 atom stereocenters. The van der Waals surface area contributed by atoms with Crippen LogP contribution in [0.25, 0.3) is 27.7 Å². The Bertz CT molecular complexity index is 1440. The molecule has 0 radical (unpaired) electrons. The van der Waals surface area contributed by atoms with E-state index in [1.165, 1.54) is 10.9 Å². The molecule has 0 aliphatic heterocycles. The zero-order valence-corrected chi connectivity index (χ0v) is 15.6. The van der Waals surface area contributed by atoms with Crippen molar-refractivity contribution in [2.45, 2.75) is 20.0 Å². The Kier molecular flexibility index (Phi) is 3.90. The number of carbonyl (C=O) groups excluding carboxylic acids is 1. The summed E-state index contributed by atoms with van der Waals surface area (Å²) in [7, 11) is 0. The molecule has 5 rings (SSSR count). The van der Waals surface area contributed by atoms with Crippen molar-refractivity contribution in [3.63, 3.8) is 0 Å². The van der Waals surface area contributed by atoms with Gasteiger partial charge in [0.2, 0.25) is 11.5 Å². The summed E-state index contributed by atoms with van der Waals surface area (Å²) in [6.45, 7) is 2.11. The number of hydrogen-bond acceptors (Lipinski definition) is 5. The van der Waals surface area contributed by atoms with Crippen LogP contribution < -0.4 is 10.9 Å². The van der Waals surface area contributed by atoms with E-state index >= 15 is 0 Å². The van der Waals surface area contributed by atoms with Gasteiger partial charge in [-0.25, -0.2) is 9.97 Å². The Morgan fingerprint density at radius 2 is 2.07 bits per heavy atom. The number of amides is 1. The number of rotatable bonds is 4. The van der Waals surface area contributed by atoms with Gasteiger partial charge in [0.15, 0.2) is 0 Å². The predicted octanol–water partition coefficient (Wildman–Crippen LogP) is 2.42. The van der Waals surface area contributed by atoms with Gasteiger partial charge in [-0.3, -0.25) is 14.2 Å². The Morgan fingerprint density at radius 1 is 1.21 bits per heavy atom. The van der Waals surface area contributed by atoms with E-state index in [1.807, 2.05) is 54.0 Å². The van der Waals surface area contributed by atoms with Crippen molar-refractivity contribution < 1.29 is 9.21 Å². The van der Waals surface area contributed by atoms with E-state index in [4.69, 9.17) is 4.42 Å². The van der Waals surface area contributed by atoms with E-state index in [0.717, 1.165) is 22.3 Å². The molecule has 0 bridgehead atoms. The van der Waals surface area contributed by atoms with Gasteiger partial charge >= 0.3 is 0 Å². The minimum atomic E-state index is -0.385. The normalized spacial score (nSPS) is 11.5. The molecule has 1 amide bonds. The van der Waals surface area contributed by atoms with Gasteiger partial charge in [-0.2, -0.15) is 0 Å². The fraction of sp³-hybridized carbons (Fsp3) is 0.143. The van der Waals surface area contributed by atoms with E-state index in [0.29, 0.717) is 11.1 Å². The molecule has 1 N–H and O–H groups in total. The number of carbonyl (C=O) groups is 1. The van der Waals surface area contributed by atoms with Crippen molar-refractivity contribution in [1.82, 2.24) is 24.3 Å². The minimum absolute atomic E-state index is 0.148. The second-order valence-corrected chi connectivity index (χ2v) is 6.88. The lowest BCUT2D eigenvalue weighted by Gasteiger charge is -2.05. The average Bonchev–Trinajstić information content (AvgIpc) is 3.31. The van der Waals surface area contributed by atoms with Crippen LogP contribution in [-0.4, -0.2) is 24.8 Å². The first kappa shape index (κ1) is 17.2. The summed E-state index contributed by atoms with van der Waals surface area (Å²) in [5, 5.41) is 3.57. The highest BCUT2D eigenvalue weighted by Crippen LogP contribution is 2.23. The number of furan rings is 1. The molecule has 8 nitrogen and oxygen atoms in total. The van der Waals surface area contributed by atoms with Crippen LogP contribution in [0, 0.1) is 6.92 Å². The lowest BCUT2D eigenvalue weighted by Crippen LogP contribution is -2.32. The van der Waals surface area contributed by atoms with Crippen molar-refractivity contribution in [2.24, 2.45) is 0 Å². The minimum Gasteiger partial charge on any atom is -0.448 e. The van der Waals surface area contributed by atoms with E-state index in [-0.39, 0.29) is 30.1 Å². The lowest BCUT2D eigenvalue weighted by molar-refractivity contribution is -0.121. The van der Waals surface area contributed by atoms with Crippen LogP contribution in [0.3, 0.4) is 0 Å². The SMILES string of the molecule is Cc1cccn2cc(CNC(=O)Cn3cnc4c(oc5ccccc54)c3=O)nc12. The lowest BCUT2D eigenvalue weighted by atomic mass is 10.2. The van der Waals surface area contributed by atoms with Gasteiger partial charge in [-0.15, -0.1) is 0 Å². The molecule has 0 saturated heterocycles. The molecule has 144 valence electrons. The maximum atomic E-state index is 12.7. The number of nitrogens with one attached hydrogen (secondary N) is 1. The molecular weight excluding hydrogens is 370 g/mol. The molecule has 4 heterocycles. The van der Waals surface area contributed by atoms with Crippen LogP contribution in [0.5, 0.6) is 0 Å². The second-order valence-electron chi connectivity index (χ2n) is 6.88. The van der Waals surface area contributed by atoms with Crippen LogP contribution in [0.15, 0.2) is 64.3 Å². The number of hydrogen-bond donors (Lipinski definition) is 1. The highest BCUT2D eigenvalue weighted by Gasteiger charge is 2.14. The first-order chi connectivity index (χ1) is 14.1. The average molecular weight is 387 g/mol. The molecule has 29 heavy (non-hydrogen) atoms. The van der Waals surface area contributed by atoms with Crippen molar-refractivity contribution in [1.29, 1.82) is 0 Å². The third-order valence-electron chi connectivity index (χ3n) is 4.86. The Hall–Kier alpha value is -3.94. The molecule has 4 aromatic heterocycles.